The van der Waals surface area contributed by atoms with E-state index in [1.807, 2.05) is 19.0 Å². The molecular formula is C13H26N6. The van der Waals surface area contributed by atoms with Gasteiger partial charge in [-0.05, 0) is 20.3 Å². The smallest absolute Gasteiger partial charge is 0.232 e. The van der Waals surface area contributed by atoms with Crippen LogP contribution in [0.1, 0.15) is 40.0 Å². The van der Waals surface area contributed by atoms with Gasteiger partial charge in [0.1, 0.15) is 0 Å². The molecule has 2 N–H and O–H groups in total. The van der Waals surface area contributed by atoms with Crippen LogP contribution in [0, 0.1) is 0 Å². The fourth-order valence-corrected chi connectivity index (χ4v) is 1.82. The molecule has 0 atom stereocenters. The highest BCUT2D eigenvalue weighted by Gasteiger charge is 2.16. The first kappa shape index (κ1) is 15.5. The third kappa shape index (κ3) is 4.54. The molecule has 1 aromatic heterocycles. The van der Waals surface area contributed by atoms with E-state index in [4.69, 9.17) is 5.73 Å². The summed E-state index contributed by atoms with van der Waals surface area (Å²) in [5, 5.41) is 0. The predicted octanol–water partition coefficient (Wildman–Crippen LogP) is 1.92. The van der Waals surface area contributed by atoms with Crippen molar-refractivity contribution in [1.29, 1.82) is 0 Å². The molecule has 0 aliphatic carbocycles. The number of nitrogen functional groups attached to an aromatic ring is 1. The molecule has 1 aromatic rings. The molecule has 0 aliphatic heterocycles. The lowest BCUT2D eigenvalue weighted by Gasteiger charge is -2.27. The van der Waals surface area contributed by atoms with Gasteiger partial charge in [-0.15, -0.1) is 0 Å². The number of aromatic nitrogens is 3. The summed E-state index contributed by atoms with van der Waals surface area (Å²) in [7, 11) is 3.80. The van der Waals surface area contributed by atoms with Gasteiger partial charge in [0, 0.05) is 26.7 Å². The summed E-state index contributed by atoms with van der Waals surface area (Å²) in [6.45, 7) is 7.43. The number of nitrogens with two attached hydrogens (primary N) is 1. The largest absolute Gasteiger partial charge is 0.368 e. The third-order valence-electron chi connectivity index (χ3n) is 2.91. The molecule has 0 amide bonds. The highest BCUT2D eigenvalue weighted by Crippen LogP contribution is 2.17. The maximum Gasteiger partial charge on any atom is 0.232 e. The molecule has 0 aromatic carbocycles. The first-order valence-electron chi connectivity index (χ1n) is 6.91. The maximum atomic E-state index is 5.77. The van der Waals surface area contributed by atoms with E-state index in [1.165, 1.54) is 12.8 Å². The first-order chi connectivity index (χ1) is 8.95. The van der Waals surface area contributed by atoms with Crippen LogP contribution in [0.3, 0.4) is 0 Å². The van der Waals surface area contributed by atoms with Crippen molar-refractivity contribution in [3.05, 3.63) is 0 Å². The topological polar surface area (TPSA) is 71.2 Å². The van der Waals surface area contributed by atoms with E-state index < -0.39 is 0 Å². The average molecular weight is 266 g/mol. The van der Waals surface area contributed by atoms with E-state index in [9.17, 15) is 0 Å². The van der Waals surface area contributed by atoms with Crippen LogP contribution in [-0.2, 0) is 0 Å². The average Bonchev–Trinajstić information content (AvgIpc) is 2.33. The van der Waals surface area contributed by atoms with Crippen LogP contribution >= 0.6 is 0 Å². The Kier molecular flexibility index (Phi) is 5.79. The summed E-state index contributed by atoms with van der Waals surface area (Å²) >= 11 is 0. The van der Waals surface area contributed by atoms with E-state index in [0.717, 1.165) is 13.0 Å². The van der Waals surface area contributed by atoms with Gasteiger partial charge >= 0.3 is 0 Å². The van der Waals surface area contributed by atoms with Gasteiger partial charge in [0.25, 0.3) is 0 Å². The van der Waals surface area contributed by atoms with Gasteiger partial charge in [0.05, 0.1) is 0 Å². The second-order valence-corrected chi connectivity index (χ2v) is 5.18. The van der Waals surface area contributed by atoms with Crippen molar-refractivity contribution in [2.75, 3.05) is 36.2 Å². The summed E-state index contributed by atoms with van der Waals surface area (Å²) in [6.07, 6.45) is 3.55. The number of anilines is 3. The molecule has 0 saturated heterocycles. The minimum Gasteiger partial charge on any atom is -0.368 e. The van der Waals surface area contributed by atoms with Crippen LogP contribution in [0.25, 0.3) is 0 Å². The minimum absolute atomic E-state index is 0.273. The van der Waals surface area contributed by atoms with Gasteiger partial charge in [-0.3, -0.25) is 0 Å². The second-order valence-electron chi connectivity index (χ2n) is 5.18. The van der Waals surface area contributed by atoms with Gasteiger partial charge in [0.2, 0.25) is 17.8 Å². The second kappa shape index (κ2) is 7.11. The Morgan fingerprint density at radius 1 is 1.05 bits per heavy atom. The summed E-state index contributed by atoms with van der Waals surface area (Å²) in [6, 6.07) is 0.341. The number of nitrogens with zero attached hydrogens (tertiary/aromatic N) is 5. The van der Waals surface area contributed by atoms with Gasteiger partial charge in [-0.25, -0.2) is 0 Å². The quantitative estimate of drug-likeness (QED) is 0.760. The third-order valence-corrected chi connectivity index (χ3v) is 2.91. The van der Waals surface area contributed by atoms with Crippen LogP contribution < -0.4 is 15.5 Å². The molecule has 0 spiro atoms. The Morgan fingerprint density at radius 2 is 1.68 bits per heavy atom. The van der Waals surface area contributed by atoms with Crippen LogP contribution in [0.4, 0.5) is 17.8 Å². The predicted molar refractivity (Wildman–Crippen MR) is 80.6 cm³/mol. The van der Waals surface area contributed by atoms with E-state index >= 15 is 0 Å². The van der Waals surface area contributed by atoms with Crippen LogP contribution in [0.2, 0.25) is 0 Å². The van der Waals surface area contributed by atoms with Gasteiger partial charge in [-0.1, -0.05) is 19.8 Å². The van der Waals surface area contributed by atoms with Crippen LogP contribution in [0.5, 0.6) is 0 Å². The Hall–Kier alpha value is -1.59. The van der Waals surface area contributed by atoms with Gasteiger partial charge < -0.3 is 15.5 Å². The molecule has 0 bridgehead atoms. The van der Waals surface area contributed by atoms with E-state index in [-0.39, 0.29) is 5.95 Å². The highest BCUT2D eigenvalue weighted by molar-refractivity contribution is 5.43. The fraction of sp³-hybridized carbons (Fsp3) is 0.769. The lowest BCUT2D eigenvalue weighted by molar-refractivity contribution is 0.611. The van der Waals surface area contributed by atoms with Gasteiger partial charge in [0.15, 0.2) is 0 Å². The summed E-state index contributed by atoms with van der Waals surface area (Å²) in [4.78, 5) is 16.9. The van der Waals surface area contributed by atoms with Crippen molar-refractivity contribution in [3.8, 4) is 0 Å². The molecule has 1 rings (SSSR count). The summed E-state index contributed by atoms with van der Waals surface area (Å²) in [5.74, 6) is 1.54. The number of rotatable bonds is 7. The molecule has 0 fully saturated rings. The first-order valence-corrected chi connectivity index (χ1v) is 6.91. The monoisotopic (exact) mass is 266 g/mol. The van der Waals surface area contributed by atoms with Crippen molar-refractivity contribution in [2.24, 2.45) is 0 Å². The zero-order chi connectivity index (χ0) is 14.4. The number of hydrogen-bond acceptors (Lipinski definition) is 6. The molecule has 1 heterocycles. The standard InChI is InChI=1S/C13H26N6/c1-6-7-8-9-19(10(2)3)13-16-11(14)15-12(17-13)18(4)5/h10H,6-9H2,1-5H3,(H2,14,15,16,17). The highest BCUT2D eigenvalue weighted by atomic mass is 15.3. The van der Waals surface area contributed by atoms with Crippen molar-refractivity contribution in [2.45, 2.75) is 46.1 Å². The lowest BCUT2D eigenvalue weighted by atomic mass is 10.2. The Bertz CT molecular complexity index is 391. The zero-order valence-corrected chi connectivity index (χ0v) is 12.7. The summed E-state index contributed by atoms with van der Waals surface area (Å²) in [5.41, 5.74) is 5.77. The number of hydrogen-bond donors (Lipinski definition) is 1. The van der Waals surface area contributed by atoms with E-state index in [0.29, 0.717) is 17.9 Å². The molecule has 108 valence electrons. The number of unbranched alkanes of at least 4 members (excludes halogenated alkanes) is 2. The molecule has 6 heteroatoms. The minimum atomic E-state index is 0.273. The molecule has 0 aliphatic rings. The van der Waals surface area contributed by atoms with E-state index in [1.54, 1.807) is 0 Å². The van der Waals surface area contributed by atoms with Crippen molar-refractivity contribution >= 4 is 17.8 Å². The van der Waals surface area contributed by atoms with Gasteiger partial charge in [-0.2, -0.15) is 15.0 Å². The Balaban J connectivity index is 2.94. The normalized spacial score (nSPS) is 10.8. The van der Waals surface area contributed by atoms with Crippen LogP contribution in [-0.4, -0.2) is 41.6 Å². The van der Waals surface area contributed by atoms with Crippen molar-refractivity contribution in [3.63, 3.8) is 0 Å². The molecule has 0 saturated carbocycles. The molecule has 19 heavy (non-hydrogen) atoms. The fourth-order valence-electron chi connectivity index (χ4n) is 1.82. The Morgan fingerprint density at radius 3 is 2.21 bits per heavy atom. The molecule has 0 unspecified atom stereocenters. The Labute approximate surface area is 116 Å². The molecular weight excluding hydrogens is 240 g/mol. The lowest BCUT2D eigenvalue weighted by Crippen LogP contribution is -2.34. The maximum absolute atomic E-state index is 5.77. The summed E-state index contributed by atoms with van der Waals surface area (Å²) < 4.78 is 0. The SMILES string of the molecule is CCCCCN(c1nc(N)nc(N(C)C)n1)C(C)C. The van der Waals surface area contributed by atoms with Crippen LogP contribution in [0.15, 0.2) is 0 Å². The molecule has 0 radical (unpaired) electrons. The van der Waals surface area contributed by atoms with Crippen molar-refractivity contribution in [1.82, 2.24) is 15.0 Å². The molecule has 6 nitrogen and oxygen atoms in total. The zero-order valence-electron chi connectivity index (χ0n) is 12.7. The van der Waals surface area contributed by atoms with Crippen molar-refractivity contribution < 1.29 is 0 Å². The van der Waals surface area contributed by atoms with E-state index in [2.05, 4.69) is 40.6 Å².